The summed E-state index contributed by atoms with van der Waals surface area (Å²) in [5.41, 5.74) is 3.67. The van der Waals surface area contributed by atoms with Crippen molar-refractivity contribution in [2.75, 3.05) is 19.8 Å². The molecule has 1 N–H and O–H groups in total. The van der Waals surface area contributed by atoms with Gasteiger partial charge in [-0.1, -0.05) is 30.3 Å². The first kappa shape index (κ1) is 19.2. The highest BCUT2D eigenvalue weighted by molar-refractivity contribution is 5.81. The minimum atomic E-state index is -0.507. The van der Waals surface area contributed by atoms with Crippen LogP contribution >= 0.6 is 0 Å². The fraction of sp³-hybridized carbons (Fsp3) is 0.565. The zero-order valence-electron chi connectivity index (χ0n) is 16.2. The second-order valence-corrected chi connectivity index (χ2v) is 8.08. The van der Waals surface area contributed by atoms with Gasteiger partial charge >= 0.3 is 0 Å². The van der Waals surface area contributed by atoms with Crippen LogP contribution in [0.5, 0.6) is 0 Å². The molecular weight excluding hydrogens is 352 g/mol. The quantitative estimate of drug-likeness (QED) is 0.870. The van der Waals surface area contributed by atoms with Gasteiger partial charge in [-0.05, 0) is 55.2 Å². The van der Waals surface area contributed by atoms with E-state index in [0.717, 1.165) is 18.4 Å². The molecule has 2 fully saturated rings. The number of amides is 1. The summed E-state index contributed by atoms with van der Waals surface area (Å²) in [5.74, 6) is -0.234. The van der Waals surface area contributed by atoms with Crippen molar-refractivity contribution in [3.05, 3.63) is 41.5 Å². The summed E-state index contributed by atoms with van der Waals surface area (Å²) in [6.07, 6.45) is 8.48. The van der Waals surface area contributed by atoms with Crippen LogP contribution in [0.15, 0.2) is 30.3 Å². The highest BCUT2D eigenvalue weighted by Gasteiger charge is 2.52. The molecule has 1 aliphatic carbocycles. The van der Waals surface area contributed by atoms with Gasteiger partial charge in [-0.2, -0.15) is 5.26 Å². The Morgan fingerprint density at radius 2 is 1.96 bits per heavy atom. The molecule has 5 heteroatoms. The van der Waals surface area contributed by atoms with E-state index in [0.29, 0.717) is 26.1 Å². The van der Waals surface area contributed by atoms with Crippen LogP contribution in [0.3, 0.4) is 0 Å². The van der Waals surface area contributed by atoms with Gasteiger partial charge in [-0.15, -0.1) is 0 Å². The Balaban J connectivity index is 1.52. The van der Waals surface area contributed by atoms with Crippen LogP contribution in [0.25, 0.3) is 5.57 Å². The van der Waals surface area contributed by atoms with Gasteiger partial charge in [0.2, 0.25) is 5.91 Å². The maximum atomic E-state index is 13.0. The number of hydrogen-bond donors (Lipinski definition) is 1. The molecule has 2 heterocycles. The van der Waals surface area contributed by atoms with Gasteiger partial charge in [0, 0.05) is 25.0 Å². The number of likely N-dealkylation sites (tertiary alicyclic amines) is 1. The molecule has 0 saturated carbocycles. The lowest BCUT2D eigenvalue weighted by Crippen LogP contribution is -2.66. The van der Waals surface area contributed by atoms with Crippen LogP contribution < -0.4 is 0 Å². The van der Waals surface area contributed by atoms with Crippen molar-refractivity contribution in [2.45, 2.75) is 56.5 Å². The summed E-state index contributed by atoms with van der Waals surface area (Å²) in [6.45, 7) is 1.06. The van der Waals surface area contributed by atoms with Gasteiger partial charge in [0.15, 0.2) is 0 Å². The van der Waals surface area contributed by atoms with E-state index >= 15 is 0 Å². The Morgan fingerprint density at radius 1 is 1.21 bits per heavy atom. The molecule has 0 spiro atoms. The van der Waals surface area contributed by atoms with Gasteiger partial charge in [0.25, 0.3) is 0 Å². The third-order valence-electron chi connectivity index (χ3n) is 6.51. The molecule has 0 bridgehead atoms. The maximum Gasteiger partial charge on any atom is 0.227 e. The van der Waals surface area contributed by atoms with Crippen molar-refractivity contribution >= 4 is 11.5 Å². The molecular formula is C23H28N2O3. The Morgan fingerprint density at radius 3 is 2.57 bits per heavy atom. The lowest BCUT2D eigenvalue weighted by Gasteiger charge is -2.52. The van der Waals surface area contributed by atoms with Crippen molar-refractivity contribution in [2.24, 2.45) is 5.92 Å². The summed E-state index contributed by atoms with van der Waals surface area (Å²) in [6, 6.07) is 9.87. The number of nitriles is 1. The van der Waals surface area contributed by atoms with Crippen molar-refractivity contribution < 1.29 is 14.6 Å². The maximum absolute atomic E-state index is 13.0. The number of carbonyl (C=O) groups excluding carboxylic acids is 1. The smallest absolute Gasteiger partial charge is 0.227 e. The third-order valence-corrected chi connectivity index (χ3v) is 6.51. The molecule has 2 aliphatic heterocycles. The number of aliphatic hydroxyl groups is 1. The lowest BCUT2D eigenvalue weighted by atomic mass is 9.74. The predicted octanol–water partition coefficient (Wildman–Crippen LogP) is 3.25. The molecule has 3 atom stereocenters. The molecule has 4 rings (SSSR count). The van der Waals surface area contributed by atoms with Crippen molar-refractivity contribution in [3.63, 3.8) is 0 Å². The summed E-state index contributed by atoms with van der Waals surface area (Å²) in [7, 11) is 0. The molecule has 3 aliphatic rings. The minimum absolute atomic E-state index is 0.00543. The zero-order chi connectivity index (χ0) is 19.5. The first-order valence-corrected chi connectivity index (χ1v) is 10.4. The highest BCUT2D eigenvalue weighted by Crippen LogP contribution is 2.42. The largest absolute Gasteiger partial charge is 0.394 e. The first-order valence-electron chi connectivity index (χ1n) is 10.4. The van der Waals surface area contributed by atoms with Crippen LogP contribution in [0.1, 0.15) is 55.6 Å². The monoisotopic (exact) mass is 380 g/mol. The third kappa shape index (κ3) is 3.47. The minimum Gasteiger partial charge on any atom is -0.394 e. The molecule has 1 amide bonds. The van der Waals surface area contributed by atoms with E-state index in [9.17, 15) is 15.2 Å². The average molecular weight is 380 g/mol. The number of carbonyl (C=O) groups is 1. The van der Waals surface area contributed by atoms with Crippen molar-refractivity contribution in [1.29, 1.82) is 5.26 Å². The average Bonchev–Trinajstić information content (AvgIpc) is 2.75. The predicted molar refractivity (Wildman–Crippen MR) is 106 cm³/mol. The Bertz CT molecular complexity index is 774. The summed E-state index contributed by atoms with van der Waals surface area (Å²) < 4.78 is 5.35. The molecule has 0 aromatic heterocycles. The van der Waals surface area contributed by atoms with Gasteiger partial charge in [-0.25, -0.2) is 0 Å². The van der Waals surface area contributed by atoms with Gasteiger partial charge < -0.3 is 14.7 Å². The van der Waals surface area contributed by atoms with Crippen molar-refractivity contribution in [1.82, 2.24) is 4.90 Å². The van der Waals surface area contributed by atoms with Gasteiger partial charge in [0.1, 0.15) is 6.04 Å². The molecule has 0 radical (unpaired) electrons. The normalized spacial score (nSPS) is 28.2. The number of hydrogen-bond acceptors (Lipinski definition) is 4. The SMILES string of the molecule is N#C[C@@H]1[C@@H](c2ccc(C3=CCCCC3)cc2)[C@H](CO)N1C(=O)C1CCOCC1. The summed E-state index contributed by atoms with van der Waals surface area (Å²) in [4.78, 5) is 14.6. The standard InChI is InChI=1S/C23H28N2O3/c24-14-20-22(18-8-6-17(7-9-18)16-4-2-1-3-5-16)21(15-26)25(20)23(27)19-10-12-28-13-11-19/h4,6-9,19-22,26H,1-3,5,10-13,15H2/t20-,21+,22-/m1/s1. The van der Waals surface area contributed by atoms with E-state index in [1.807, 2.05) is 0 Å². The van der Waals surface area contributed by atoms with Crippen LogP contribution in [0, 0.1) is 17.2 Å². The van der Waals surface area contributed by atoms with Gasteiger partial charge in [0.05, 0.1) is 18.7 Å². The molecule has 0 unspecified atom stereocenters. The van der Waals surface area contributed by atoms with Crippen LogP contribution in [0.4, 0.5) is 0 Å². The Kier molecular flexibility index (Phi) is 5.79. The van der Waals surface area contributed by atoms with Crippen molar-refractivity contribution in [3.8, 4) is 6.07 Å². The fourth-order valence-electron chi connectivity index (χ4n) is 4.89. The molecule has 1 aromatic carbocycles. The number of benzene rings is 1. The molecule has 5 nitrogen and oxygen atoms in total. The second kappa shape index (κ2) is 8.46. The van der Waals surface area contributed by atoms with Crippen LogP contribution in [-0.4, -0.2) is 47.8 Å². The number of ether oxygens (including phenoxy) is 1. The second-order valence-electron chi connectivity index (χ2n) is 8.08. The molecule has 28 heavy (non-hydrogen) atoms. The highest BCUT2D eigenvalue weighted by atomic mass is 16.5. The first-order chi connectivity index (χ1) is 13.7. The number of allylic oxidation sites excluding steroid dienone is 2. The number of rotatable bonds is 4. The Labute approximate surface area is 166 Å². The van der Waals surface area contributed by atoms with Crippen LogP contribution in [-0.2, 0) is 9.53 Å². The summed E-state index contributed by atoms with van der Waals surface area (Å²) >= 11 is 0. The number of aliphatic hydroxyl groups excluding tert-OH is 1. The molecule has 2 saturated heterocycles. The summed E-state index contributed by atoms with van der Waals surface area (Å²) in [5, 5.41) is 19.7. The van der Waals surface area contributed by atoms with E-state index in [1.165, 1.54) is 24.0 Å². The van der Waals surface area contributed by atoms with E-state index in [1.54, 1.807) is 4.90 Å². The zero-order valence-corrected chi connectivity index (χ0v) is 16.2. The lowest BCUT2D eigenvalue weighted by molar-refractivity contribution is -0.154. The number of nitrogens with zero attached hydrogens (tertiary/aromatic N) is 2. The topological polar surface area (TPSA) is 73.6 Å². The molecule has 148 valence electrons. The van der Waals surface area contributed by atoms with E-state index in [2.05, 4.69) is 36.4 Å². The van der Waals surface area contributed by atoms with E-state index < -0.39 is 6.04 Å². The fourth-order valence-corrected chi connectivity index (χ4v) is 4.89. The van der Waals surface area contributed by atoms with E-state index in [4.69, 9.17) is 4.74 Å². The Hall–Kier alpha value is -2.16. The van der Waals surface area contributed by atoms with Crippen LogP contribution in [0.2, 0.25) is 0 Å². The van der Waals surface area contributed by atoms with Gasteiger partial charge in [-0.3, -0.25) is 4.79 Å². The molecule has 1 aromatic rings. The van der Waals surface area contributed by atoms with E-state index in [-0.39, 0.29) is 30.4 Å².